The molecule has 0 unspecified atom stereocenters. The second-order valence-electron chi connectivity index (χ2n) is 4.68. The summed E-state index contributed by atoms with van der Waals surface area (Å²) in [6.07, 6.45) is 0. The third-order valence-corrected chi connectivity index (χ3v) is 4.09. The van der Waals surface area contributed by atoms with Gasteiger partial charge in [0.25, 0.3) is 0 Å². The van der Waals surface area contributed by atoms with Gasteiger partial charge in [-0.05, 0) is 18.2 Å². The van der Waals surface area contributed by atoms with Crippen molar-refractivity contribution in [2.24, 2.45) is 0 Å². The summed E-state index contributed by atoms with van der Waals surface area (Å²) in [5.74, 6) is 5.54. The van der Waals surface area contributed by atoms with Crippen molar-refractivity contribution in [3.05, 3.63) is 46.2 Å². The molecule has 0 fully saturated rings. The Morgan fingerprint density at radius 3 is 3.10 bits per heavy atom. The molecule has 0 radical (unpaired) electrons. The van der Waals surface area contributed by atoms with E-state index in [1.807, 2.05) is 35.7 Å². The Labute approximate surface area is 127 Å². The van der Waals surface area contributed by atoms with E-state index in [4.69, 9.17) is 5.11 Å². The number of amides is 1. The van der Waals surface area contributed by atoms with E-state index in [9.17, 15) is 4.79 Å². The molecule has 3 rings (SSSR count). The Balaban J connectivity index is 1.82. The summed E-state index contributed by atoms with van der Waals surface area (Å²) in [6, 6.07) is 9.80. The fraction of sp³-hybridized carbons (Fsp3) is 0.188. The van der Waals surface area contributed by atoms with Crippen LogP contribution in [0.5, 0.6) is 0 Å². The standard InChI is InChI=1S/C16H14N2O2S/c19-7-3-4-12-8-13(21-11-12)9-18-10-16(20)17-14-5-1-2-6-15(14)18/h1-2,5-6,8,11,19H,7,9-10H2,(H,17,20). The Morgan fingerprint density at radius 2 is 2.24 bits per heavy atom. The number of aliphatic hydroxyl groups is 1. The quantitative estimate of drug-likeness (QED) is 0.834. The summed E-state index contributed by atoms with van der Waals surface area (Å²) in [5.41, 5.74) is 2.79. The van der Waals surface area contributed by atoms with Crippen molar-refractivity contribution in [1.29, 1.82) is 0 Å². The maximum atomic E-state index is 11.8. The van der Waals surface area contributed by atoms with Crippen molar-refractivity contribution < 1.29 is 9.90 Å². The van der Waals surface area contributed by atoms with Crippen molar-refractivity contribution in [2.75, 3.05) is 23.4 Å². The first-order valence-electron chi connectivity index (χ1n) is 6.57. The number of carbonyl (C=O) groups excluding carboxylic acids is 1. The highest BCUT2D eigenvalue weighted by molar-refractivity contribution is 7.10. The molecule has 1 amide bonds. The molecule has 0 aliphatic carbocycles. The minimum absolute atomic E-state index is 0.00514. The molecule has 2 N–H and O–H groups in total. The Bertz CT molecular complexity index is 727. The van der Waals surface area contributed by atoms with E-state index in [1.54, 1.807) is 11.3 Å². The molecule has 1 aromatic carbocycles. The highest BCUT2D eigenvalue weighted by Gasteiger charge is 2.21. The molecule has 1 aromatic heterocycles. The lowest BCUT2D eigenvalue weighted by molar-refractivity contribution is -0.115. The van der Waals surface area contributed by atoms with E-state index >= 15 is 0 Å². The van der Waals surface area contributed by atoms with Gasteiger partial charge in [-0.25, -0.2) is 0 Å². The third kappa shape index (κ3) is 3.07. The minimum Gasteiger partial charge on any atom is -0.384 e. The third-order valence-electron chi connectivity index (χ3n) is 3.17. The van der Waals surface area contributed by atoms with Gasteiger partial charge in [0.1, 0.15) is 6.61 Å². The van der Waals surface area contributed by atoms with Gasteiger partial charge in [-0.3, -0.25) is 4.79 Å². The van der Waals surface area contributed by atoms with Gasteiger partial charge in [0.05, 0.1) is 24.5 Å². The molecule has 0 bridgehead atoms. The monoisotopic (exact) mass is 298 g/mol. The fourth-order valence-electron chi connectivity index (χ4n) is 2.30. The molecular weight excluding hydrogens is 284 g/mol. The Morgan fingerprint density at radius 1 is 1.38 bits per heavy atom. The van der Waals surface area contributed by atoms with E-state index < -0.39 is 0 Å². The number of benzene rings is 1. The van der Waals surface area contributed by atoms with Crippen LogP contribution in [0.25, 0.3) is 0 Å². The molecule has 106 valence electrons. The van der Waals surface area contributed by atoms with Gasteiger partial charge < -0.3 is 15.3 Å². The van der Waals surface area contributed by atoms with E-state index in [-0.39, 0.29) is 12.5 Å². The van der Waals surface area contributed by atoms with Crippen molar-refractivity contribution in [3.8, 4) is 11.8 Å². The molecule has 1 aliphatic heterocycles. The molecule has 21 heavy (non-hydrogen) atoms. The van der Waals surface area contributed by atoms with Gasteiger partial charge in [-0.2, -0.15) is 0 Å². The first kappa shape index (κ1) is 13.7. The van der Waals surface area contributed by atoms with Gasteiger partial charge >= 0.3 is 0 Å². The van der Waals surface area contributed by atoms with Crippen molar-refractivity contribution in [1.82, 2.24) is 0 Å². The smallest absolute Gasteiger partial charge is 0.243 e. The lowest BCUT2D eigenvalue weighted by Crippen LogP contribution is -2.37. The van der Waals surface area contributed by atoms with Gasteiger partial charge in [-0.1, -0.05) is 24.0 Å². The van der Waals surface area contributed by atoms with Crippen molar-refractivity contribution in [2.45, 2.75) is 6.54 Å². The summed E-state index contributed by atoms with van der Waals surface area (Å²) in [4.78, 5) is 15.0. The fourth-order valence-corrected chi connectivity index (χ4v) is 3.13. The van der Waals surface area contributed by atoms with Gasteiger partial charge in [-0.15, -0.1) is 11.3 Å². The van der Waals surface area contributed by atoms with Crippen LogP contribution in [0.1, 0.15) is 10.4 Å². The van der Waals surface area contributed by atoms with Crippen LogP contribution in [-0.4, -0.2) is 24.2 Å². The number of para-hydroxylation sites is 2. The molecule has 4 nitrogen and oxygen atoms in total. The molecular formula is C16H14N2O2S. The van der Waals surface area contributed by atoms with Crippen LogP contribution in [0.4, 0.5) is 11.4 Å². The van der Waals surface area contributed by atoms with Crippen LogP contribution >= 0.6 is 11.3 Å². The van der Waals surface area contributed by atoms with E-state index in [1.165, 1.54) is 0 Å². The average molecular weight is 298 g/mol. The number of hydrogen-bond donors (Lipinski definition) is 2. The number of anilines is 2. The molecule has 2 heterocycles. The predicted molar refractivity (Wildman–Crippen MR) is 84.4 cm³/mol. The molecule has 0 spiro atoms. The van der Waals surface area contributed by atoms with E-state index in [2.05, 4.69) is 22.1 Å². The van der Waals surface area contributed by atoms with Gasteiger partial charge in [0, 0.05) is 15.8 Å². The first-order valence-corrected chi connectivity index (χ1v) is 7.45. The molecule has 0 atom stereocenters. The highest BCUT2D eigenvalue weighted by atomic mass is 32.1. The Kier molecular flexibility index (Phi) is 3.91. The molecule has 0 saturated heterocycles. The molecule has 0 saturated carbocycles. The predicted octanol–water partition coefficient (Wildman–Crippen LogP) is 2.05. The van der Waals surface area contributed by atoms with Crippen LogP contribution in [0, 0.1) is 11.8 Å². The summed E-state index contributed by atoms with van der Waals surface area (Å²) in [5, 5.41) is 13.6. The highest BCUT2D eigenvalue weighted by Crippen LogP contribution is 2.30. The number of aliphatic hydroxyl groups excluding tert-OH is 1. The van der Waals surface area contributed by atoms with Crippen molar-refractivity contribution in [3.63, 3.8) is 0 Å². The number of rotatable bonds is 2. The van der Waals surface area contributed by atoms with E-state index in [0.717, 1.165) is 21.8 Å². The maximum absolute atomic E-state index is 11.8. The van der Waals surface area contributed by atoms with Crippen LogP contribution in [0.2, 0.25) is 0 Å². The van der Waals surface area contributed by atoms with Crippen molar-refractivity contribution >= 4 is 28.6 Å². The number of hydrogen-bond acceptors (Lipinski definition) is 4. The Hall–Kier alpha value is -2.29. The van der Waals surface area contributed by atoms with Crippen LogP contribution < -0.4 is 10.2 Å². The summed E-state index contributed by atoms with van der Waals surface area (Å²) < 4.78 is 0. The largest absolute Gasteiger partial charge is 0.384 e. The number of fused-ring (bicyclic) bond motifs is 1. The van der Waals surface area contributed by atoms with Crippen LogP contribution in [-0.2, 0) is 11.3 Å². The second-order valence-corrected chi connectivity index (χ2v) is 5.68. The summed E-state index contributed by atoms with van der Waals surface area (Å²) in [7, 11) is 0. The number of carbonyl (C=O) groups is 1. The van der Waals surface area contributed by atoms with Gasteiger partial charge in [0.15, 0.2) is 0 Å². The molecule has 2 aromatic rings. The van der Waals surface area contributed by atoms with Crippen LogP contribution in [0.3, 0.4) is 0 Å². The topological polar surface area (TPSA) is 52.6 Å². The first-order chi connectivity index (χ1) is 10.3. The number of nitrogens with one attached hydrogen (secondary N) is 1. The number of thiophene rings is 1. The summed E-state index contributed by atoms with van der Waals surface area (Å²) >= 11 is 1.61. The van der Waals surface area contributed by atoms with Crippen LogP contribution in [0.15, 0.2) is 35.7 Å². The zero-order chi connectivity index (χ0) is 14.7. The molecule has 5 heteroatoms. The minimum atomic E-state index is -0.134. The number of nitrogens with zero attached hydrogens (tertiary/aromatic N) is 1. The van der Waals surface area contributed by atoms with E-state index in [0.29, 0.717) is 13.1 Å². The normalized spacial score (nSPS) is 13.2. The average Bonchev–Trinajstić information content (AvgIpc) is 2.92. The SMILES string of the molecule is O=C1CN(Cc2cc(C#CCO)cs2)c2ccccc2N1. The lowest BCUT2D eigenvalue weighted by Gasteiger charge is -2.30. The molecule has 1 aliphatic rings. The zero-order valence-corrected chi connectivity index (χ0v) is 12.1. The summed E-state index contributed by atoms with van der Waals surface area (Å²) in [6.45, 7) is 0.896. The van der Waals surface area contributed by atoms with Gasteiger partial charge in [0.2, 0.25) is 5.91 Å². The lowest BCUT2D eigenvalue weighted by atomic mass is 10.2. The maximum Gasteiger partial charge on any atom is 0.243 e. The zero-order valence-electron chi connectivity index (χ0n) is 11.3. The second kappa shape index (κ2) is 6.00.